The molecule has 0 aromatic carbocycles. The molecule has 3 heteroatoms. The van der Waals surface area contributed by atoms with Crippen LogP contribution in [0.3, 0.4) is 0 Å². The molecular weight excluding hydrogens is 108 g/mol. The van der Waals surface area contributed by atoms with Crippen LogP contribution in [-0.4, -0.2) is 28.9 Å². The largest absolute Gasteiger partial charge is 0.412 e. The summed E-state index contributed by atoms with van der Waals surface area (Å²) in [7, 11) is 0. The van der Waals surface area contributed by atoms with Gasteiger partial charge in [0.25, 0.3) is 0 Å². The topological polar surface area (TPSA) is 72.0 Å². The fourth-order valence-corrected chi connectivity index (χ4v) is 0. The molecule has 0 saturated carbocycles. The first-order valence-corrected chi connectivity index (χ1v) is 2.55. The lowest BCUT2D eigenvalue weighted by molar-refractivity contribution is 0.295. The van der Waals surface area contributed by atoms with Crippen LogP contribution in [0.25, 0.3) is 0 Å². The first-order chi connectivity index (χ1) is 3.33. The average molecular weight is 124 g/mol. The lowest BCUT2D eigenvalue weighted by Crippen LogP contribution is -1.69. The summed E-state index contributed by atoms with van der Waals surface area (Å²) >= 11 is 0. The Morgan fingerprint density at radius 2 is 1.25 bits per heavy atom. The van der Waals surface area contributed by atoms with Crippen molar-refractivity contribution in [1.29, 1.82) is 0 Å². The highest BCUT2D eigenvalue weighted by molar-refractivity contribution is 4.10. The molecule has 4 N–H and O–H groups in total. The van der Waals surface area contributed by atoms with Crippen molar-refractivity contribution in [3.8, 4) is 0 Å². The van der Waals surface area contributed by atoms with Crippen LogP contribution in [0.5, 0.6) is 0 Å². The highest BCUT2D eigenvalue weighted by atomic mass is 16.3. The zero-order valence-corrected chi connectivity index (χ0v) is 5.52. The SMILES string of the molecule is CCCO.CCO.O. The summed E-state index contributed by atoms with van der Waals surface area (Å²) in [5.74, 6) is 0. The predicted octanol–water partition coefficient (Wildman–Crippen LogP) is -0.437. The Morgan fingerprint density at radius 1 is 1.12 bits per heavy atom. The summed E-state index contributed by atoms with van der Waals surface area (Å²) in [4.78, 5) is 0. The molecule has 0 aromatic rings. The lowest BCUT2D eigenvalue weighted by Gasteiger charge is -1.69. The third-order valence-electron chi connectivity index (χ3n) is 0.224. The van der Waals surface area contributed by atoms with Gasteiger partial charge in [-0.3, -0.25) is 0 Å². The quantitative estimate of drug-likeness (QED) is 0.497. The van der Waals surface area contributed by atoms with E-state index in [9.17, 15) is 0 Å². The van der Waals surface area contributed by atoms with Crippen molar-refractivity contribution in [1.82, 2.24) is 0 Å². The van der Waals surface area contributed by atoms with Crippen molar-refractivity contribution in [2.45, 2.75) is 20.3 Å². The Bertz CT molecular complexity index is 15.1. The highest BCUT2D eigenvalue weighted by Gasteiger charge is 1.57. The van der Waals surface area contributed by atoms with Gasteiger partial charge >= 0.3 is 0 Å². The van der Waals surface area contributed by atoms with E-state index in [1.165, 1.54) is 0 Å². The molecule has 0 saturated heterocycles. The second-order valence-electron chi connectivity index (χ2n) is 1.04. The predicted molar refractivity (Wildman–Crippen MR) is 33.8 cm³/mol. The molecule has 0 aliphatic carbocycles. The Morgan fingerprint density at radius 3 is 1.25 bits per heavy atom. The standard InChI is InChI=1S/C3H8O.C2H6O.H2O/c1-2-3-4;1-2-3;/h4H,2-3H2,1H3;3H,2H2,1H3;1H2. The summed E-state index contributed by atoms with van der Waals surface area (Å²) < 4.78 is 0. The van der Waals surface area contributed by atoms with Crippen LogP contribution in [0.4, 0.5) is 0 Å². The maximum absolute atomic E-state index is 7.88. The van der Waals surface area contributed by atoms with Gasteiger partial charge in [0.05, 0.1) is 0 Å². The van der Waals surface area contributed by atoms with E-state index in [0.717, 1.165) is 6.42 Å². The molecule has 54 valence electrons. The summed E-state index contributed by atoms with van der Waals surface area (Å²) in [5, 5.41) is 15.4. The molecule has 0 aromatic heterocycles. The molecule has 0 aliphatic heterocycles. The van der Waals surface area contributed by atoms with Gasteiger partial charge in [-0.15, -0.1) is 0 Å². The number of hydrogen-bond acceptors (Lipinski definition) is 2. The summed E-state index contributed by atoms with van der Waals surface area (Å²) in [5.41, 5.74) is 0. The molecule has 0 amide bonds. The smallest absolute Gasteiger partial charge is 0.0428 e. The average Bonchev–Trinajstić information content (AvgIpc) is 1.69. The third kappa shape index (κ3) is 181. The summed E-state index contributed by atoms with van der Waals surface area (Å²) in [6.07, 6.45) is 0.875. The van der Waals surface area contributed by atoms with E-state index in [4.69, 9.17) is 10.2 Å². The first kappa shape index (κ1) is 15.7. The number of hydrogen-bond donors (Lipinski definition) is 2. The van der Waals surface area contributed by atoms with Crippen molar-refractivity contribution in [2.75, 3.05) is 13.2 Å². The zero-order chi connectivity index (χ0) is 6.12. The van der Waals surface area contributed by atoms with Crippen LogP contribution in [0.15, 0.2) is 0 Å². The minimum atomic E-state index is 0. The van der Waals surface area contributed by atoms with Crippen LogP contribution < -0.4 is 0 Å². The van der Waals surface area contributed by atoms with Crippen molar-refractivity contribution in [3.63, 3.8) is 0 Å². The van der Waals surface area contributed by atoms with E-state index < -0.39 is 0 Å². The van der Waals surface area contributed by atoms with Crippen molar-refractivity contribution >= 4 is 0 Å². The van der Waals surface area contributed by atoms with Crippen LogP contribution in [0.2, 0.25) is 0 Å². The van der Waals surface area contributed by atoms with Crippen molar-refractivity contribution in [3.05, 3.63) is 0 Å². The van der Waals surface area contributed by atoms with E-state index in [0.29, 0.717) is 6.61 Å². The maximum atomic E-state index is 7.88. The lowest BCUT2D eigenvalue weighted by atomic mass is 10.5. The Labute approximate surface area is 50.3 Å². The Balaban J connectivity index is -0.0000000575. The second-order valence-corrected chi connectivity index (χ2v) is 1.04. The van der Waals surface area contributed by atoms with E-state index in [1.54, 1.807) is 6.92 Å². The molecule has 0 fully saturated rings. The molecule has 0 heterocycles. The molecule has 0 rings (SSSR count). The van der Waals surface area contributed by atoms with Crippen LogP contribution in [0, 0.1) is 0 Å². The number of aliphatic hydroxyl groups is 2. The molecule has 0 aliphatic rings. The van der Waals surface area contributed by atoms with Gasteiger partial charge in [-0.05, 0) is 13.3 Å². The molecule has 3 nitrogen and oxygen atoms in total. The molecule has 0 radical (unpaired) electrons. The summed E-state index contributed by atoms with van der Waals surface area (Å²) in [6, 6.07) is 0. The van der Waals surface area contributed by atoms with Crippen molar-refractivity contribution in [2.24, 2.45) is 0 Å². The summed E-state index contributed by atoms with van der Waals surface area (Å²) in [6.45, 7) is 4.18. The number of aliphatic hydroxyl groups excluding tert-OH is 2. The van der Waals surface area contributed by atoms with E-state index in [1.807, 2.05) is 6.92 Å². The fraction of sp³-hybridized carbons (Fsp3) is 1.00. The minimum absolute atomic E-state index is 0. The monoisotopic (exact) mass is 124 g/mol. The third-order valence-corrected chi connectivity index (χ3v) is 0.224. The zero-order valence-electron chi connectivity index (χ0n) is 5.52. The van der Waals surface area contributed by atoms with E-state index >= 15 is 0 Å². The van der Waals surface area contributed by atoms with E-state index in [-0.39, 0.29) is 12.1 Å². The van der Waals surface area contributed by atoms with Gasteiger partial charge < -0.3 is 15.7 Å². The minimum Gasteiger partial charge on any atom is -0.412 e. The van der Waals surface area contributed by atoms with Crippen LogP contribution in [-0.2, 0) is 0 Å². The molecule has 0 spiro atoms. The second kappa shape index (κ2) is 28.7. The Kier molecular flexibility index (Phi) is 56.1. The van der Waals surface area contributed by atoms with Gasteiger partial charge in [-0.2, -0.15) is 0 Å². The molecule has 0 atom stereocenters. The van der Waals surface area contributed by atoms with Crippen LogP contribution in [0.1, 0.15) is 20.3 Å². The molecule has 0 bridgehead atoms. The maximum Gasteiger partial charge on any atom is 0.0428 e. The van der Waals surface area contributed by atoms with Gasteiger partial charge in [0, 0.05) is 13.2 Å². The van der Waals surface area contributed by atoms with Gasteiger partial charge in [-0.1, -0.05) is 6.92 Å². The van der Waals surface area contributed by atoms with Gasteiger partial charge in [0.15, 0.2) is 0 Å². The van der Waals surface area contributed by atoms with Crippen LogP contribution >= 0.6 is 0 Å². The van der Waals surface area contributed by atoms with Crippen molar-refractivity contribution < 1.29 is 15.7 Å². The molecule has 0 unspecified atom stereocenters. The van der Waals surface area contributed by atoms with Gasteiger partial charge in [0.1, 0.15) is 0 Å². The normalized spacial score (nSPS) is 6.00. The van der Waals surface area contributed by atoms with Gasteiger partial charge in [0.2, 0.25) is 0 Å². The number of rotatable bonds is 1. The first-order valence-electron chi connectivity index (χ1n) is 2.55. The molecular formula is C5H16O3. The highest BCUT2D eigenvalue weighted by Crippen LogP contribution is 1.61. The Hall–Kier alpha value is -0.120. The fourth-order valence-electron chi connectivity index (χ4n) is 0. The molecule has 8 heavy (non-hydrogen) atoms. The van der Waals surface area contributed by atoms with E-state index in [2.05, 4.69) is 0 Å². The van der Waals surface area contributed by atoms with Gasteiger partial charge in [-0.25, -0.2) is 0 Å².